The van der Waals surface area contributed by atoms with Gasteiger partial charge >= 0.3 is 0 Å². The van der Waals surface area contributed by atoms with Crippen LogP contribution in [0.2, 0.25) is 0 Å². The third kappa shape index (κ3) is 2.26. The summed E-state index contributed by atoms with van der Waals surface area (Å²) in [4.78, 5) is 5.63. The van der Waals surface area contributed by atoms with Gasteiger partial charge in [-0.1, -0.05) is 6.92 Å². The summed E-state index contributed by atoms with van der Waals surface area (Å²) in [6.45, 7) is 4.15. The molecule has 0 radical (unpaired) electrons. The van der Waals surface area contributed by atoms with Gasteiger partial charge in [-0.3, -0.25) is 0 Å². The highest BCUT2D eigenvalue weighted by Crippen LogP contribution is 2.32. The van der Waals surface area contributed by atoms with Crippen LogP contribution in [0.1, 0.15) is 17.4 Å². The van der Waals surface area contributed by atoms with E-state index >= 15 is 0 Å². The molecule has 0 aliphatic carbocycles. The van der Waals surface area contributed by atoms with Crippen LogP contribution in [0.25, 0.3) is 11.3 Å². The Morgan fingerprint density at radius 3 is 2.76 bits per heavy atom. The molecule has 0 spiro atoms. The average molecular weight is 248 g/mol. The number of hydrogen-bond acceptors (Lipinski definition) is 4. The molecule has 4 heteroatoms. The molecule has 90 valence electrons. The van der Waals surface area contributed by atoms with Crippen molar-refractivity contribution in [3.8, 4) is 17.0 Å². The first kappa shape index (κ1) is 11.9. The molecular weight excluding hydrogens is 232 g/mol. The lowest BCUT2D eigenvalue weighted by molar-refractivity contribution is 0.412. The van der Waals surface area contributed by atoms with E-state index in [4.69, 9.17) is 10.5 Å². The minimum Gasteiger partial charge on any atom is -0.496 e. The normalized spacial score (nSPS) is 10.5. The third-order valence-electron chi connectivity index (χ3n) is 2.70. The standard InChI is InChI=1S/C13H16N2OS/c1-4-11-12(15-13(14)17-11)9-5-6-10(16-3)8(2)7-9/h5-7H,4H2,1-3H3,(H2,14,15). The van der Waals surface area contributed by atoms with E-state index < -0.39 is 0 Å². The molecule has 0 saturated carbocycles. The van der Waals surface area contributed by atoms with E-state index in [1.54, 1.807) is 18.4 Å². The number of methoxy groups -OCH3 is 1. The predicted molar refractivity (Wildman–Crippen MR) is 72.6 cm³/mol. The van der Waals surface area contributed by atoms with Gasteiger partial charge in [-0.2, -0.15) is 0 Å². The summed E-state index contributed by atoms with van der Waals surface area (Å²) in [5.74, 6) is 0.898. The van der Waals surface area contributed by atoms with Gasteiger partial charge in [-0.15, -0.1) is 11.3 Å². The molecule has 1 heterocycles. The number of thiazole rings is 1. The van der Waals surface area contributed by atoms with Crippen LogP contribution in [0.15, 0.2) is 18.2 Å². The number of rotatable bonds is 3. The molecule has 2 aromatic rings. The topological polar surface area (TPSA) is 48.1 Å². The Morgan fingerprint density at radius 1 is 1.41 bits per heavy atom. The Kier molecular flexibility index (Phi) is 3.33. The summed E-state index contributed by atoms with van der Waals surface area (Å²) in [6.07, 6.45) is 0.954. The molecule has 0 amide bonds. The maximum absolute atomic E-state index is 5.77. The lowest BCUT2D eigenvalue weighted by Crippen LogP contribution is -1.90. The molecular formula is C13H16N2OS. The number of anilines is 1. The summed E-state index contributed by atoms with van der Waals surface area (Å²) >= 11 is 1.56. The zero-order valence-corrected chi connectivity index (χ0v) is 11.1. The van der Waals surface area contributed by atoms with Crippen LogP contribution >= 0.6 is 11.3 Å². The lowest BCUT2D eigenvalue weighted by Gasteiger charge is -2.06. The minimum absolute atomic E-state index is 0.630. The van der Waals surface area contributed by atoms with E-state index in [0.29, 0.717) is 5.13 Å². The van der Waals surface area contributed by atoms with E-state index in [9.17, 15) is 0 Å². The second kappa shape index (κ2) is 4.75. The van der Waals surface area contributed by atoms with Crippen molar-refractivity contribution in [3.05, 3.63) is 28.6 Å². The molecule has 0 bridgehead atoms. The first-order valence-electron chi connectivity index (χ1n) is 5.56. The number of aromatic nitrogens is 1. The van der Waals surface area contributed by atoms with Crippen LogP contribution < -0.4 is 10.5 Å². The summed E-state index contributed by atoms with van der Waals surface area (Å²) < 4.78 is 5.26. The van der Waals surface area contributed by atoms with Gasteiger partial charge in [-0.05, 0) is 37.1 Å². The molecule has 1 aromatic carbocycles. The fraction of sp³-hybridized carbons (Fsp3) is 0.308. The first-order valence-corrected chi connectivity index (χ1v) is 6.37. The first-order chi connectivity index (χ1) is 8.15. The van der Waals surface area contributed by atoms with Gasteiger partial charge in [0.15, 0.2) is 5.13 Å². The molecule has 2 N–H and O–H groups in total. The van der Waals surface area contributed by atoms with Crippen LogP contribution in [-0.2, 0) is 6.42 Å². The minimum atomic E-state index is 0.630. The molecule has 0 aliphatic rings. The molecule has 0 atom stereocenters. The van der Waals surface area contributed by atoms with Gasteiger partial charge in [0.05, 0.1) is 12.8 Å². The highest BCUT2D eigenvalue weighted by molar-refractivity contribution is 7.15. The summed E-state index contributed by atoms with van der Waals surface area (Å²) in [5, 5.41) is 0.630. The molecule has 1 aromatic heterocycles. The van der Waals surface area contributed by atoms with Gasteiger partial charge in [0, 0.05) is 10.4 Å². The Labute approximate surface area is 105 Å². The van der Waals surface area contributed by atoms with E-state index in [2.05, 4.69) is 18.0 Å². The van der Waals surface area contributed by atoms with E-state index in [-0.39, 0.29) is 0 Å². The smallest absolute Gasteiger partial charge is 0.180 e. The summed E-state index contributed by atoms with van der Waals surface area (Å²) in [6, 6.07) is 6.09. The van der Waals surface area contributed by atoms with Gasteiger partial charge in [0.1, 0.15) is 5.75 Å². The van der Waals surface area contributed by atoms with Crippen molar-refractivity contribution in [2.75, 3.05) is 12.8 Å². The van der Waals surface area contributed by atoms with Crippen LogP contribution in [0, 0.1) is 6.92 Å². The van der Waals surface area contributed by atoms with E-state index in [0.717, 1.165) is 29.0 Å². The zero-order valence-electron chi connectivity index (χ0n) is 10.3. The number of nitrogens with two attached hydrogens (primary N) is 1. The van der Waals surface area contributed by atoms with Crippen LogP contribution in [-0.4, -0.2) is 12.1 Å². The summed E-state index contributed by atoms with van der Waals surface area (Å²) in [5.41, 5.74) is 8.98. The average Bonchev–Trinajstić information content (AvgIpc) is 2.70. The zero-order chi connectivity index (χ0) is 12.4. The number of aryl methyl sites for hydroxylation is 2. The number of nitrogens with zero attached hydrogens (tertiary/aromatic N) is 1. The Hall–Kier alpha value is -1.55. The molecule has 0 unspecified atom stereocenters. The van der Waals surface area contributed by atoms with Crippen molar-refractivity contribution in [1.82, 2.24) is 4.98 Å². The van der Waals surface area contributed by atoms with Gasteiger partial charge in [0.2, 0.25) is 0 Å². The molecule has 2 rings (SSSR count). The Morgan fingerprint density at radius 2 is 2.18 bits per heavy atom. The lowest BCUT2D eigenvalue weighted by atomic mass is 10.1. The fourth-order valence-electron chi connectivity index (χ4n) is 1.86. The quantitative estimate of drug-likeness (QED) is 0.906. The van der Waals surface area contributed by atoms with Crippen molar-refractivity contribution in [2.24, 2.45) is 0 Å². The molecule has 3 nitrogen and oxygen atoms in total. The van der Waals surface area contributed by atoms with Crippen LogP contribution in [0.5, 0.6) is 5.75 Å². The Balaban J connectivity index is 2.49. The molecule has 17 heavy (non-hydrogen) atoms. The van der Waals surface area contributed by atoms with E-state index in [1.165, 1.54) is 4.88 Å². The van der Waals surface area contributed by atoms with Crippen LogP contribution in [0.4, 0.5) is 5.13 Å². The maximum atomic E-state index is 5.77. The number of ether oxygens (including phenoxy) is 1. The fourth-order valence-corrected chi connectivity index (χ4v) is 2.65. The van der Waals surface area contributed by atoms with Crippen molar-refractivity contribution in [2.45, 2.75) is 20.3 Å². The van der Waals surface area contributed by atoms with Gasteiger partial charge in [-0.25, -0.2) is 4.98 Å². The SMILES string of the molecule is CCc1sc(N)nc1-c1ccc(OC)c(C)c1. The number of nitrogen functional groups attached to an aromatic ring is 1. The maximum Gasteiger partial charge on any atom is 0.180 e. The van der Waals surface area contributed by atoms with E-state index in [1.807, 2.05) is 19.1 Å². The highest BCUT2D eigenvalue weighted by atomic mass is 32.1. The Bertz CT molecular complexity index is 534. The van der Waals surface area contributed by atoms with Gasteiger partial charge < -0.3 is 10.5 Å². The summed E-state index contributed by atoms with van der Waals surface area (Å²) in [7, 11) is 1.68. The predicted octanol–water partition coefficient (Wildman–Crippen LogP) is 3.27. The molecule has 0 saturated heterocycles. The monoisotopic (exact) mass is 248 g/mol. The van der Waals surface area contributed by atoms with Crippen LogP contribution in [0.3, 0.4) is 0 Å². The van der Waals surface area contributed by atoms with Gasteiger partial charge in [0.25, 0.3) is 0 Å². The second-order valence-electron chi connectivity index (χ2n) is 3.86. The number of benzene rings is 1. The van der Waals surface area contributed by atoms with Crippen molar-refractivity contribution < 1.29 is 4.74 Å². The largest absolute Gasteiger partial charge is 0.496 e. The number of hydrogen-bond donors (Lipinski definition) is 1. The van der Waals surface area contributed by atoms with Crippen molar-refractivity contribution in [3.63, 3.8) is 0 Å². The van der Waals surface area contributed by atoms with Crippen molar-refractivity contribution >= 4 is 16.5 Å². The highest BCUT2D eigenvalue weighted by Gasteiger charge is 2.11. The third-order valence-corrected chi connectivity index (χ3v) is 3.73. The second-order valence-corrected chi connectivity index (χ2v) is 4.98. The molecule has 0 fully saturated rings. The molecule has 0 aliphatic heterocycles. The van der Waals surface area contributed by atoms with Crippen molar-refractivity contribution in [1.29, 1.82) is 0 Å².